The minimum Gasteiger partial charge on any atom is -0.373 e. The quantitative estimate of drug-likeness (QED) is 0.708. The molecule has 0 atom stereocenters. The van der Waals surface area contributed by atoms with Crippen LogP contribution >= 0.6 is 0 Å². The number of aromatic nitrogens is 4. The summed E-state index contributed by atoms with van der Waals surface area (Å²) in [5.74, 6) is 7.02. The van der Waals surface area contributed by atoms with E-state index in [-0.39, 0.29) is 11.8 Å². The Morgan fingerprint density at radius 2 is 2.19 bits per heavy atom. The van der Waals surface area contributed by atoms with Crippen LogP contribution in [-0.4, -0.2) is 32.7 Å². The number of pyridine rings is 2. The molecule has 1 amide bonds. The highest BCUT2D eigenvalue weighted by Gasteiger charge is 2.29. The lowest BCUT2D eigenvalue weighted by Crippen LogP contribution is -2.14. The van der Waals surface area contributed by atoms with Gasteiger partial charge in [-0.3, -0.25) is 9.48 Å². The number of nitrogens with zero attached hydrogens (tertiary/aromatic N) is 4. The average molecular weight is 349 g/mol. The van der Waals surface area contributed by atoms with Gasteiger partial charge in [0.25, 0.3) is 0 Å². The van der Waals surface area contributed by atoms with Crippen LogP contribution in [0.5, 0.6) is 0 Å². The molecule has 1 aliphatic carbocycles. The van der Waals surface area contributed by atoms with Gasteiger partial charge in [-0.15, -0.1) is 0 Å². The molecule has 3 heterocycles. The third kappa shape index (κ3) is 3.22. The topological polar surface area (TPSA) is 84.7 Å². The van der Waals surface area contributed by atoms with E-state index in [1.54, 1.807) is 31.6 Å². The molecule has 7 heteroatoms. The molecule has 4 rings (SSSR count). The van der Waals surface area contributed by atoms with Gasteiger partial charge in [0.05, 0.1) is 5.56 Å². The molecule has 3 aromatic heterocycles. The predicted molar refractivity (Wildman–Crippen MR) is 99.6 cm³/mol. The van der Waals surface area contributed by atoms with Crippen LogP contribution < -0.4 is 10.6 Å². The van der Waals surface area contributed by atoms with Gasteiger partial charge < -0.3 is 10.6 Å². The molecule has 3 aromatic rings. The zero-order valence-electron chi connectivity index (χ0n) is 17.1. The number of hydrogen-bond acceptors (Lipinski definition) is 5. The first-order chi connectivity index (χ1) is 13.8. The first-order valence-electron chi connectivity index (χ1n) is 9.71. The molecule has 26 heavy (non-hydrogen) atoms. The predicted octanol–water partition coefficient (Wildman–Crippen LogP) is 2.15. The summed E-state index contributed by atoms with van der Waals surface area (Å²) in [6, 6.07) is 3.31. The minimum absolute atomic E-state index is 0.0254. The molecule has 1 saturated carbocycles. The van der Waals surface area contributed by atoms with E-state index in [1.165, 1.54) is 6.20 Å². The fourth-order valence-corrected chi connectivity index (χ4v) is 2.60. The molecule has 0 saturated heterocycles. The molecule has 0 bridgehead atoms. The van der Waals surface area contributed by atoms with Gasteiger partial charge in [0.1, 0.15) is 17.3 Å². The van der Waals surface area contributed by atoms with Crippen molar-refractivity contribution in [2.45, 2.75) is 12.8 Å². The Morgan fingerprint density at radius 3 is 2.92 bits per heavy atom. The minimum atomic E-state index is -2.34. The molecule has 7 nitrogen and oxygen atoms in total. The monoisotopic (exact) mass is 349 g/mol. The number of nitrogens with one attached hydrogen (secondary N) is 2. The number of aryl methyl sites for hydroxylation is 1. The highest BCUT2D eigenvalue weighted by atomic mass is 16.2. The van der Waals surface area contributed by atoms with E-state index in [1.807, 2.05) is 0 Å². The molecule has 0 unspecified atom stereocenters. The van der Waals surface area contributed by atoms with Gasteiger partial charge in [-0.05, 0) is 30.9 Å². The van der Waals surface area contributed by atoms with Crippen molar-refractivity contribution in [3.05, 3.63) is 42.0 Å². The van der Waals surface area contributed by atoms with Gasteiger partial charge in [0.15, 0.2) is 0 Å². The molecular formula is C19H18N6O. The summed E-state index contributed by atoms with van der Waals surface area (Å²) < 4.78 is 23.0. The largest absolute Gasteiger partial charge is 0.373 e. The van der Waals surface area contributed by atoms with Gasteiger partial charge in [0.2, 0.25) is 5.91 Å². The summed E-state index contributed by atoms with van der Waals surface area (Å²) in [4.78, 5) is 20.7. The van der Waals surface area contributed by atoms with Crippen LogP contribution in [-0.2, 0) is 11.8 Å². The van der Waals surface area contributed by atoms with Gasteiger partial charge in [0, 0.05) is 53.4 Å². The third-order valence-electron chi connectivity index (χ3n) is 4.12. The Morgan fingerprint density at radius 1 is 1.31 bits per heavy atom. The summed E-state index contributed by atoms with van der Waals surface area (Å²) in [6.45, 7) is -2.34. The van der Waals surface area contributed by atoms with Crippen LogP contribution in [0.2, 0.25) is 0 Å². The SMILES string of the molecule is [2H]C([2H])([2H])n1ccc(C#Cc2cnc(NC)c3cnc(NC(=O)C4CC4)cc23)n1. The summed E-state index contributed by atoms with van der Waals surface area (Å²) in [5.41, 5.74) is 0.954. The Kier molecular flexibility index (Phi) is 3.21. The van der Waals surface area contributed by atoms with Crippen LogP contribution in [0.25, 0.3) is 10.8 Å². The van der Waals surface area contributed by atoms with Crippen LogP contribution in [0.3, 0.4) is 0 Å². The van der Waals surface area contributed by atoms with Crippen molar-refractivity contribution < 1.29 is 8.91 Å². The fraction of sp³-hybridized carbons (Fsp3) is 0.263. The van der Waals surface area contributed by atoms with Crippen LogP contribution in [0.4, 0.5) is 11.6 Å². The Balaban J connectivity index is 1.71. The molecule has 0 radical (unpaired) electrons. The van der Waals surface area contributed by atoms with E-state index in [0.29, 0.717) is 22.9 Å². The van der Waals surface area contributed by atoms with E-state index in [4.69, 9.17) is 4.11 Å². The lowest BCUT2D eigenvalue weighted by Gasteiger charge is -2.09. The van der Waals surface area contributed by atoms with Gasteiger partial charge in [-0.25, -0.2) is 9.97 Å². The van der Waals surface area contributed by atoms with E-state index < -0.39 is 6.98 Å². The molecule has 2 N–H and O–H groups in total. The molecule has 0 aromatic carbocycles. The second kappa shape index (κ2) is 6.48. The maximum atomic E-state index is 12.1. The zero-order chi connectivity index (χ0) is 20.6. The molecule has 130 valence electrons. The Bertz CT molecular complexity index is 1150. The lowest BCUT2D eigenvalue weighted by molar-refractivity contribution is -0.117. The first-order valence-corrected chi connectivity index (χ1v) is 8.21. The van der Waals surface area contributed by atoms with Crippen molar-refractivity contribution >= 4 is 28.3 Å². The Labute approximate surface area is 155 Å². The number of carbonyl (C=O) groups is 1. The van der Waals surface area contributed by atoms with Crippen molar-refractivity contribution in [2.75, 3.05) is 17.7 Å². The van der Waals surface area contributed by atoms with Gasteiger partial charge in [-0.1, -0.05) is 5.92 Å². The number of fused-ring (bicyclic) bond motifs is 1. The van der Waals surface area contributed by atoms with Gasteiger partial charge in [-0.2, -0.15) is 5.10 Å². The van der Waals surface area contributed by atoms with Crippen molar-refractivity contribution in [1.82, 2.24) is 19.7 Å². The van der Waals surface area contributed by atoms with Gasteiger partial charge >= 0.3 is 0 Å². The van der Waals surface area contributed by atoms with E-state index in [0.717, 1.165) is 28.3 Å². The second-order valence-electron chi connectivity index (χ2n) is 6.04. The van der Waals surface area contributed by atoms with E-state index >= 15 is 0 Å². The van der Waals surface area contributed by atoms with Crippen LogP contribution in [0, 0.1) is 17.8 Å². The highest BCUT2D eigenvalue weighted by Crippen LogP contribution is 2.31. The average Bonchev–Trinajstić information content (AvgIpc) is 3.43. The first kappa shape index (κ1) is 12.9. The van der Waals surface area contributed by atoms with Crippen LogP contribution in [0.15, 0.2) is 30.7 Å². The number of hydrogen-bond donors (Lipinski definition) is 2. The van der Waals surface area contributed by atoms with Crippen molar-refractivity contribution in [3.8, 4) is 11.8 Å². The number of rotatable bonds is 3. The molecular weight excluding hydrogens is 328 g/mol. The maximum absolute atomic E-state index is 12.1. The number of amides is 1. The summed E-state index contributed by atoms with van der Waals surface area (Å²) in [6.07, 6.45) is 6.45. The van der Waals surface area contributed by atoms with E-state index in [2.05, 4.69) is 37.5 Å². The maximum Gasteiger partial charge on any atom is 0.228 e. The summed E-state index contributed by atoms with van der Waals surface area (Å²) in [5, 5.41) is 11.4. The van der Waals surface area contributed by atoms with Crippen molar-refractivity contribution in [1.29, 1.82) is 0 Å². The standard InChI is InChI=1S/C19H18N6O/c1-20-18-16-11-21-17(23-19(26)12-3-4-12)9-15(16)13(10-22-18)5-6-14-7-8-25(2)24-14/h7-12H,3-4H2,1-2H3,(H,20,22)(H,21,23,26)/i2D3. The summed E-state index contributed by atoms with van der Waals surface area (Å²) >= 11 is 0. The molecule has 0 spiro atoms. The number of carbonyl (C=O) groups excluding carboxylic acids is 1. The van der Waals surface area contributed by atoms with Crippen molar-refractivity contribution in [2.24, 2.45) is 12.9 Å². The van der Waals surface area contributed by atoms with Crippen LogP contribution in [0.1, 0.15) is 28.2 Å². The highest BCUT2D eigenvalue weighted by molar-refractivity contribution is 5.99. The smallest absolute Gasteiger partial charge is 0.228 e. The fourth-order valence-electron chi connectivity index (χ4n) is 2.60. The molecule has 0 aliphatic heterocycles. The lowest BCUT2D eigenvalue weighted by atomic mass is 10.1. The third-order valence-corrected chi connectivity index (χ3v) is 4.12. The number of anilines is 2. The molecule has 1 fully saturated rings. The Hall–Kier alpha value is -3.40. The summed E-state index contributed by atoms with van der Waals surface area (Å²) in [7, 11) is 1.76. The zero-order valence-corrected chi connectivity index (χ0v) is 14.1. The molecule has 1 aliphatic rings. The van der Waals surface area contributed by atoms with E-state index in [9.17, 15) is 4.79 Å². The normalized spacial score (nSPS) is 15.3. The second-order valence-corrected chi connectivity index (χ2v) is 6.04. The van der Waals surface area contributed by atoms with Crippen molar-refractivity contribution in [3.63, 3.8) is 0 Å².